The molecular formula is C43H75N13O9. The number of nitrogens with one attached hydrogen (secondary N) is 6. The van der Waals surface area contributed by atoms with Gasteiger partial charge in [0, 0.05) is 74.7 Å². The first-order valence-corrected chi connectivity index (χ1v) is 22.3. The van der Waals surface area contributed by atoms with E-state index in [1.54, 1.807) is 6.92 Å². The minimum Gasteiger partial charge on any atom is -0.396 e. The lowest BCUT2D eigenvalue weighted by atomic mass is 9.87. The molecule has 1 rings (SSSR count). The van der Waals surface area contributed by atoms with Crippen LogP contribution in [0.2, 0.25) is 0 Å². The zero-order valence-electron chi connectivity index (χ0n) is 38.4. The summed E-state index contributed by atoms with van der Waals surface area (Å²) in [5.74, 6) is -8.42. The molecule has 0 aliphatic rings. The van der Waals surface area contributed by atoms with E-state index in [1.165, 1.54) is 19.4 Å². The molecular weight excluding hydrogens is 843 g/mol. The van der Waals surface area contributed by atoms with Gasteiger partial charge >= 0.3 is 0 Å². The topological polar surface area (TPSA) is 415 Å². The first-order chi connectivity index (χ1) is 30.5. The molecule has 0 unspecified atom stereocenters. The molecule has 1 heterocycles. The zero-order valence-corrected chi connectivity index (χ0v) is 38.4. The van der Waals surface area contributed by atoms with Crippen LogP contribution < -0.4 is 44.6 Å². The van der Waals surface area contributed by atoms with E-state index >= 15 is 0 Å². The van der Waals surface area contributed by atoms with Crippen molar-refractivity contribution >= 4 is 58.6 Å². The lowest BCUT2D eigenvalue weighted by molar-refractivity contribution is -0.137. The number of H-pyrrole nitrogens is 1. The van der Waals surface area contributed by atoms with Crippen LogP contribution in [0.3, 0.4) is 0 Å². The molecule has 1 aromatic heterocycles. The lowest BCUT2D eigenvalue weighted by Crippen LogP contribution is -2.52. The van der Waals surface area contributed by atoms with Crippen LogP contribution in [0.25, 0.3) is 0 Å². The summed E-state index contributed by atoms with van der Waals surface area (Å²) in [7, 11) is 0. The number of unbranched alkanes of at least 4 members (excludes halogenated alkanes) is 2. The predicted octanol–water partition coefficient (Wildman–Crippen LogP) is -0.280. The molecule has 22 nitrogen and oxygen atoms in total. The summed E-state index contributed by atoms with van der Waals surface area (Å²) >= 11 is 0. The summed E-state index contributed by atoms with van der Waals surface area (Å²) in [6, 6.07) is -3.74. The van der Waals surface area contributed by atoms with E-state index in [9.17, 15) is 43.8 Å². The highest BCUT2D eigenvalue weighted by Gasteiger charge is 2.35. The molecule has 0 saturated heterocycles. The molecule has 0 aliphatic heterocycles. The van der Waals surface area contributed by atoms with E-state index in [0.717, 1.165) is 0 Å². The molecule has 22 heteroatoms. The Morgan fingerprint density at radius 3 is 1.78 bits per heavy atom. The third kappa shape index (κ3) is 23.7. The van der Waals surface area contributed by atoms with Crippen molar-refractivity contribution in [2.45, 2.75) is 148 Å². The summed E-state index contributed by atoms with van der Waals surface area (Å²) in [5, 5.41) is 43.8. The van der Waals surface area contributed by atoms with Crippen LogP contribution in [0.1, 0.15) is 123 Å². The van der Waals surface area contributed by atoms with E-state index in [0.29, 0.717) is 57.1 Å². The van der Waals surface area contributed by atoms with Gasteiger partial charge in [-0.1, -0.05) is 33.6 Å². The predicted molar refractivity (Wildman–Crippen MR) is 245 cm³/mol. The minimum atomic E-state index is -1.52. The van der Waals surface area contributed by atoms with Crippen LogP contribution in [-0.4, -0.2) is 116 Å². The number of carbonyl (C=O) groups is 7. The van der Waals surface area contributed by atoms with Crippen molar-refractivity contribution in [1.82, 2.24) is 25.9 Å². The maximum atomic E-state index is 14.1. The van der Waals surface area contributed by atoms with Crippen molar-refractivity contribution < 1.29 is 43.8 Å². The number of hydrogen-bond donors (Lipinski definition) is 13. The second-order valence-electron chi connectivity index (χ2n) is 17.3. The number of nitrogens with zero attached hydrogens (tertiary/aromatic N) is 2. The van der Waals surface area contributed by atoms with Crippen LogP contribution in [0.4, 0.5) is 0 Å². The van der Waals surface area contributed by atoms with Gasteiger partial charge in [-0.15, -0.1) is 0 Å². The van der Waals surface area contributed by atoms with Crippen LogP contribution in [-0.2, 0) is 40.0 Å². The Kier molecular flexibility index (Phi) is 26.8. The Hall–Kier alpha value is -5.77. The highest BCUT2D eigenvalue weighted by Crippen LogP contribution is 2.21. The number of aliphatic hydroxyl groups is 2. The largest absolute Gasteiger partial charge is 0.396 e. The minimum absolute atomic E-state index is 0.00623. The number of guanidine groups is 1. The fraction of sp³-hybridized carbons (Fsp3) is 0.698. The third-order valence-electron chi connectivity index (χ3n) is 11.0. The number of aliphatic imine (C=N–C) groups is 1. The molecule has 0 aromatic carbocycles. The maximum Gasteiger partial charge on any atom is 0.226 e. The Bertz CT molecular complexity index is 1750. The van der Waals surface area contributed by atoms with Crippen molar-refractivity contribution in [1.29, 1.82) is 10.8 Å². The fourth-order valence-electron chi connectivity index (χ4n) is 7.20. The number of ketones is 3. The van der Waals surface area contributed by atoms with Gasteiger partial charge in [-0.2, -0.15) is 0 Å². The van der Waals surface area contributed by atoms with Crippen LogP contribution in [0.5, 0.6) is 0 Å². The Labute approximate surface area is 381 Å². The molecule has 4 amide bonds. The number of carbonyl (C=O) groups excluding carboxylic acids is 7. The Balaban J connectivity index is 3.28. The molecule has 0 spiro atoms. The van der Waals surface area contributed by atoms with E-state index in [-0.39, 0.29) is 68.1 Å². The molecule has 18 N–H and O–H groups in total. The number of amides is 4. The molecule has 0 fully saturated rings. The number of aromatic nitrogens is 2. The third-order valence-corrected chi connectivity index (χ3v) is 11.0. The summed E-state index contributed by atoms with van der Waals surface area (Å²) in [5.41, 5.74) is 27.6. The average Bonchev–Trinajstić information content (AvgIpc) is 3.74. The molecule has 0 saturated carbocycles. The van der Waals surface area contributed by atoms with E-state index < -0.39 is 102 Å². The van der Waals surface area contributed by atoms with Crippen LogP contribution in [0.15, 0.2) is 17.5 Å². The number of amidine groups is 2. The van der Waals surface area contributed by atoms with Gasteiger partial charge < -0.3 is 59.8 Å². The lowest BCUT2D eigenvalue weighted by Gasteiger charge is -2.26. The highest BCUT2D eigenvalue weighted by molar-refractivity contribution is 5.97. The fourth-order valence-corrected chi connectivity index (χ4v) is 7.20. The average molecular weight is 918 g/mol. The van der Waals surface area contributed by atoms with E-state index in [1.807, 2.05) is 13.8 Å². The molecule has 1 aromatic rings. The maximum absolute atomic E-state index is 14.1. The van der Waals surface area contributed by atoms with Crippen LogP contribution >= 0.6 is 0 Å². The normalized spacial score (nSPS) is 14.9. The van der Waals surface area contributed by atoms with Gasteiger partial charge in [0.1, 0.15) is 6.04 Å². The SMILES string of the molecule is CC(C)C[C@H](CC(=O)[C@H](CCCCC(=N)N)NC(=O)[C@@H](C)CCCCC(=N)N)C(=O)N[C@@H](Cc1cnc[nH]1)C(=O)C[C@@H](CO)C(=O)N[C@H](C(=O)C[C@@H](CCCN=C(N)N)C(N)=O)[C@@H](C)O. The number of Topliss-reactive ketones (excluding diaryl/α,β-unsaturated/α-hetero) is 3. The van der Waals surface area contributed by atoms with Gasteiger partial charge in [-0.25, -0.2) is 4.98 Å². The second kappa shape index (κ2) is 30.4. The number of hydrogen-bond acceptors (Lipinski definition) is 13. The first-order valence-electron chi connectivity index (χ1n) is 22.3. The molecule has 0 aliphatic carbocycles. The summed E-state index contributed by atoms with van der Waals surface area (Å²) in [4.78, 5) is 105. The van der Waals surface area contributed by atoms with Gasteiger partial charge in [-0.3, -0.25) is 49.4 Å². The van der Waals surface area contributed by atoms with Gasteiger partial charge in [0.2, 0.25) is 23.6 Å². The summed E-state index contributed by atoms with van der Waals surface area (Å²) in [6.07, 6.45) is 4.40. The zero-order chi connectivity index (χ0) is 49.2. The number of rotatable bonds is 36. The molecule has 8 atom stereocenters. The summed E-state index contributed by atoms with van der Waals surface area (Å²) < 4.78 is 0. The second-order valence-corrected chi connectivity index (χ2v) is 17.3. The number of nitrogens with two attached hydrogens (primary N) is 5. The number of aliphatic hydroxyl groups excluding tert-OH is 2. The first kappa shape index (κ1) is 57.2. The highest BCUT2D eigenvalue weighted by atomic mass is 16.3. The van der Waals surface area contributed by atoms with Crippen molar-refractivity contribution in [2.75, 3.05) is 13.2 Å². The number of aromatic amines is 1. The molecule has 366 valence electrons. The summed E-state index contributed by atoms with van der Waals surface area (Å²) in [6.45, 7) is 6.05. The van der Waals surface area contributed by atoms with Crippen molar-refractivity contribution in [3.05, 3.63) is 18.2 Å². The number of imidazole rings is 1. The van der Waals surface area contributed by atoms with Gasteiger partial charge in [-0.05, 0) is 57.8 Å². The van der Waals surface area contributed by atoms with Crippen molar-refractivity contribution in [3.8, 4) is 0 Å². The Morgan fingerprint density at radius 1 is 0.708 bits per heavy atom. The van der Waals surface area contributed by atoms with Gasteiger partial charge in [0.25, 0.3) is 0 Å². The molecule has 65 heavy (non-hydrogen) atoms. The Morgan fingerprint density at radius 2 is 1.26 bits per heavy atom. The van der Waals surface area contributed by atoms with Crippen LogP contribution in [0, 0.1) is 40.4 Å². The van der Waals surface area contributed by atoms with E-state index in [4.69, 9.17) is 39.5 Å². The monoisotopic (exact) mass is 918 g/mol. The number of primary amides is 1. The van der Waals surface area contributed by atoms with Gasteiger partial charge in [0.05, 0.1) is 48.7 Å². The standard InChI is InChI=1S/C43H75N13O9/c1-24(2)16-28(18-33(59)31(12-6-8-14-37(46)47)54-40(63)25(3)10-5-7-13-36(44)45)41(64)55-32(20-30-21-51-23-53-30)34(60)19-29(22-57)42(65)56-38(26(4)58)35(61)17-27(39(48)62)11-9-15-52-43(49)50/h21,23-29,31-32,38,57-58H,5-20,22H2,1-4H3,(H3,44,45)(H3,46,47)(H2,48,62)(H,51,53)(H,54,63)(H,55,64)(H,56,65)(H4,49,50,52)/t25-,26+,27+,28+,29-,31-,32-,38-/m0/s1. The van der Waals surface area contributed by atoms with Crippen molar-refractivity contribution in [2.24, 2.45) is 63.3 Å². The quantitative estimate of drug-likeness (QED) is 0.0234. The van der Waals surface area contributed by atoms with E-state index in [2.05, 4.69) is 30.9 Å². The molecule has 0 radical (unpaired) electrons. The molecule has 0 bridgehead atoms. The van der Waals surface area contributed by atoms with Gasteiger partial charge in [0.15, 0.2) is 23.3 Å². The van der Waals surface area contributed by atoms with Crippen molar-refractivity contribution in [3.63, 3.8) is 0 Å². The smallest absolute Gasteiger partial charge is 0.226 e.